The van der Waals surface area contributed by atoms with Gasteiger partial charge in [0.05, 0.1) is 0 Å². The molecule has 1 aliphatic rings. The summed E-state index contributed by atoms with van der Waals surface area (Å²) in [6.45, 7) is 7.00. The van der Waals surface area contributed by atoms with E-state index < -0.39 is 0 Å². The zero-order valence-corrected chi connectivity index (χ0v) is 12.4. The number of nitrogens with zero attached hydrogens (tertiary/aromatic N) is 1. The van der Waals surface area contributed by atoms with Crippen molar-refractivity contribution >= 4 is 5.91 Å². The number of carbonyl (C=O) groups excluding carboxylic acids is 1. The summed E-state index contributed by atoms with van der Waals surface area (Å²) in [5.41, 5.74) is 1.29. The van der Waals surface area contributed by atoms with E-state index in [1.165, 1.54) is 25.3 Å². The zero-order chi connectivity index (χ0) is 14.5. The van der Waals surface area contributed by atoms with E-state index in [1.54, 1.807) is 12.1 Å². The zero-order valence-electron chi connectivity index (χ0n) is 12.4. The van der Waals surface area contributed by atoms with Gasteiger partial charge in [-0.3, -0.25) is 4.79 Å². The molecule has 2 rings (SSSR count). The van der Waals surface area contributed by atoms with Crippen LogP contribution in [0.2, 0.25) is 0 Å². The van der Waals surface area contributed by atoms with Gasteiger partial charge in [0, 0.05) is 18.2 Å². The highest BCUT2D eigenvalue weighted by molar-refractivity contribution is 5.94. The minimum Gasteiger partial charge on any atom is -0.508 e. The smallest absolute Gasteiger partial charge is 0.251 e. The first-order valence-electron chi connectivity index (χ1n) is 7.39. The lowest BCUT2D eigenvalue weighted by Crippen LogP contribution is -2.43. The highest BCUT2D eigenvalue weighted by atomic mass is 16.3. The number of benzene rings is 1. The van der Waals surface area contributed by atoms with Crippen molar-refractivity contribution in [2.75, 3.05) is 19.6 Å². The molecule has 1 atom stereocenters. The van der Waals surface area contributed by atoms with E-state index >= 15 is 0 Å². The number of hydrogen-bond donors (Lipinski definition) is 2. The Hall–Kier alpha value is -1.55. The van der Waals surface area contributed by atoms with Crippen molar-refractivity contribution in [3.8, 4) is 5.75 Å². The molecule has 1 aromatic rings. The summed E-state index contributed by atoms with van der Waals surface area (Å²) in [5, 5.41) is 12.7. The third-order valence-corrected chi connectivity index (χ3v) is 3.83. The maximum absolute atomic E-state index is 12.1. The molecule has 1 heterocycles. The van der Waals surface area contributed by atoms with Gasteiger partial charge < -0.3 is 15.3 Å². The monoisotopic (exact) mass is 276 g/mol. The van der Waals surface area contributed by atoms with Crippen molar-refractivity contribution < 1.29 is 9.90 Å². The molecule has 0 aliphatic carbocycles. The van der Waals surface area contributed by atoms with E-state index in [2.05, 4.69) is 10.2 Å². The van der Waals surface area contributed by atoms with Crippen LogP contribution in [-0.4, -0.2) is 41.6 Å². The minimum atomic E-state index is -0.121. The molecule has 1 unspecified atom stereocenters. The number of likely N-dealkylation sites (tertiary alicyclic amines) is 1. The summed E-state index contributed by atoms with van der Waals surface area (Å²) >= 11 is 0. The maximum Gasteiger partial charge on any atom is 0.251 e. The lowest BCUT2D eigenvalue weighted by atomic mass is 10.1. The van der Waals surface area contributed by atoms with Crippen molar-refractivity contribution in [3.05, 3.63) is 29.3 Å². The first-order valence-corrected chi connectivity index (χ1v) is 7.39. The molecule has 0 bridgehead atoms. The summed E-state index contributed by atoms with van der Waals surface area (Å²) in [7, 11) is 0. The SMILES string of the molecule is Cc1ccc(C(=O)NC(C)CN2CCCCC2)cc1O. The van der Waals surface area contributed by atoms with Gasteiger partial charge in [-0.1, -0.05) is 12.5 Å². The third kappa shape index (κ3) is 3.97. The molecule has 110 valence electrons. The number of hydrogen-bond acceptors (Lipinski definition) is 3. The van der Waals surface area contributed by atoms with E-state index in [4.69, 9.17) is 0 Å². The number of aryl methyl sites for hydroxylation is 1. The van der Waals surface area contributed by atoms with Crippen LogP contribution in [0.1, 0.15) is 42.1 Å². The highest BCUT2D eigenvalue weighted by Gasteiger charge is 2.16. The number of nitrogens with one attached hydrogen (secondary N) is 1. The number of phenolic OH excluding ortho intramolecular Hbond substituents is 1. The van der Waals surface area contributed by atoms with Crippen LogP contribution in [0.3, 0.4) is 0 Å². The quantitative estimate of drug-likeness (QED) is 0.887. The molecule has 20 heavy (non-hydrogen) atoms. The van der Waals surface area contributed by atoms with Crippen molar-refractivity contribution in [3.63, 3.8) is 0 Å². The van der Waals surface area contributed by atoms with Crippen molar-refractivity contribution in [1.29, 1.82) is 0 Å². The molecule has 1 aromatic carbocycles. The fraction of sp³-hybridized carbons (Fsp3) is 0.562. The molecular formula is C16H24N2O2. The molecule has 0 spiro atoms. The van der Waals surface area contributed by atoms with Crippen LogP contribution < -0.4 is 5.32 Å². The Balaban J connectivity index is 1.87. The van der Waals surface area contributed by atoms with Gasteiger partial charge in [0.15, 0.2) is 0 Å². The van der Waals surface area contributed by atoms with E-state index in [0.29, 0.717) is 5.56 Å². The first-order chi connectivity index (χ1) is 9.56. The van der Waals surface area contributed by atoms with Crippen LogP contribution in [-0.2, 0) is 0 Å². The molecule has 1 fully saturated rings. The highest BCUT2D eigenvalue weighted by Crippen LogP contribution is 2.17. The van der Waals surface area contributed by atoms with Gasteiger partial charge in [-0.25, -0.2) is 0 Å². The molecule has 1 saturated heterocycles. The number of carbonyl (C=O) groups is 1. The van der Waals surface area contributed by atoms with Gasteiger partial charge in [-0.2, -0.15) is 0 Å². The molecule has 4 heteroatoms. The Kier molecular flexibility index (Phi) is 5.01. The van der Waals surface area contributed by atoms with Crippen LogP contribution in [0.5, 0.6) is 5.75 Å². The average Bonchev–Trinajstić information content (AvgIpc) is 2.42. The van der Waals surface area contributed by atoms with E-state index in [-0.39, 0.29) is 17.7 Å². The second kappa shape index (κ2) is 6.75. The van der Waals surface area contributed by atoms with E-state index in [1.807, 2.05) is 13.8 Å². The number of amides is 1. The van der Waals surface area contributed by atoms with Gasteiger partial charge in [0.2, 0.25) is 0 Å². The molecular weight excluding hydrogens is 252 g/mol. The fourth-order valence-electron chi connectivity index (χ4n) is 2.63. The average molecular weight is 276 g/mol. The van der Waals surface area contributed by atoms with Crippen LogP contribution in [0.15, 0.2) is 18.2 Å². The standard InChI is InChI=1S/C16H24N2O2/c1-12-6-7-14(10-15(12)19)16(20)17-13(2)11-18-8-4-3-5-9-18/h6-7,10,13,19H,3-5,8-9,11H2,1-2H3,(H,17,20). The molecule has 0 radical (unpaired) electrons. The van der Waals surface area contributed by atoms with Gasteiger partial charge in [-0.15, -0.1) is 0 Å². The molecule has 2 N–H and O–H groups in total. The lowest BCUT2D eigenvalue weighted by molar-refractivity contribution is 0.0925. The number of aromatic hydroxyl groups is 1. The van der Waals surface area contributed by atoms with E-state index in [9.17, 15) is 9.90 Å². The number of phenols is 1. The predicted octanol–water partition coefficient (Wildman–Crippen LogP) is 2.30. The Bertz CT molecular complexity index is 468. The summed E-state index contributed by atoms with van der Waals surface area (Å²) < 4.78 is 0. The Labute approximate surface area is 120 Å². The molecule has 1 aliphatic heterocycles. The largest absolute Gasteiger partial charge is 0.508 e. The summed E-state index contributed by atoms with van der Waals surface area (Å²) in [5.74, 6) is 0.0474. The first kappa shape index (κ1) is 14.9. The maximum atomic E-state index is 12.1. The second-order valence-corrected chi connectivity index (χ2v) is 5.74. The fourth-order valence-corrected chi connectivity index (χ4v) is 2.63. The Morgan fingerprint density at radius 3 is 2.70 bits per heavy atom. The normalized spacial score (nSPS) is 17.7. The second-order valence-electron chi connectivity index (χ2n) is 5.74. The van der Waals surface area contributed by atoms with Crippen molar-refractivity contribution in [2.24, 2.45) is 0 Å². The van der Waals surface area contributed by atoms with Crippen molar-refractivity contribution in [1.82, 2.24) is 10.2 Å². The van der Waals surface area contributed by atoms with E-state index in [0.717, 1.165) is 25.2 Å². The van der Waals surface area contributed by atoms with Crippen molar-refractivity contribution in [2.45, 2.75) is 39.2 Å². The lowest BCUT2D eigenvalue weighted by Gasteiger charge is -2.29. The number of rotatable bonds is 4. The molecule has 0 aromatic heterocycles. The summed E-state index contributed by atoms with van der Waals surface area (Å²) in [4.78, 5) is 14.5. The Morgan fingerprint density at radius 2 is 2.05 bits per heavy atom. The third-order valence-electron chi connectivity index (χ3n) is 3.83. The minimum absolute atomic E-state index is 0.115. The predicted molar refractivity (Wildman–Crippen MR) is 80.1 cm³/mol. The summed E-state index contributed by atoms with van der Waals surface area (Å²) in [6.07, 6.45) is 3.83. The molecule has 1 amide bonds. The van der Waals surface area contributed by atoms with Gasteiger partial charge in [0.1, 0.15) is 5.75 Å². The molecule has 0 saturated carbocycles. The van der Waals surface area contributed by atoms with Gasteiger partial charge in [0.25, 0.3) is 5.91 Å². The number of piperidine rings is 1. The Morgan fingerprint density at radius 1 is 1.35 bits per heavy atom. The molecule has 4 nitrogen and oxygen atoms in total. The van der Waals surface area contributed by atoms with Crippen LogP contribution in [0, 0.1) is 6.92 Å². The van der Waals surface area contributed by atoms with Crippen LogP contribution in [0.4, 0.5) is 0 Å². The van der Waals surface area contributed by atoms with Gasteiger partial charge >= 0.3 is 0 Å². The topological polar surface area (TPSA) is 52.6 Å². The summed E-state index contributed by atoms with van der Waals surface area (Å²) in [6, 6.07) is 5.15. The van der Waals surface area contributed by atoms with Crippen LogP contribution >= 0.6 is 0 Å². The van der Waals surface area contributed by atoms with Crippen LogP contribution in [0.25, 0.3) is 0 Å². The van der Waals surface area contributed by atoms with Gasteiger partial charge in [-0.05, 0) is 57.5 Å².